The highest BCUT2D eigenvalue weighted by atomic mass is 32.2. The van der Waals surface area contributed by atoms with E-state index in [9.17, 15) is 13.6 Å². The van der Waals surface area contributed by atoms with E-state index < -0.39 is 5.76 Å². The maximum Gasteiger partial charge on any atom is 0.288 e. The highest BCUT2D eigenvalue weighted by Gasteiger charge is 2.10. The molecule has 136 valence electrons. The minimum absolute atomic E-state index is 0.157. The van der Waals surface area contributed by atoms with Gasteiger partial charge in [0.1, 0.15) is 5.82 Å². The smallest absolute Gasteiger partial charge is 0.288 e. The van der Waals surface area contributed by atoms with E-state index in [1.807, 2.05) is 17.5 Å². The molecule has 3 aromatic rings. The molecule has 2 N–H and O–H groups in total. The quantitative estimate of drug-likeness (QED) is 0.533. The second-order valence-electron chi connectivity index (χ2n) is 5.06. The van der Waals surface area contributed by atoms with Gasteiger partial charge in [0.2, 0.25) is 11.1 Å². The summed E-state index contributed by atoms with van der Waals surface area (Å²) in [5, 5.41) is 12.2. The summed E-state index contributed by atoms with van der Waals surface area (Å²) in [6.45, 7) is 0. The van der Waals surface area contributed by atoms with Crippen molar-refractivity contribution in [3.63, 3.8) is 0 Å². The Morgan fingerprint density at radius 3 is 2.77 bits per heavy atom. The maximum absolute atomic E-state index is 12.3. The van der Waals surface area contributed by atoms with Gasteiger partial charge in [-0.15, -0.1) is 16.4 Å². The van der Waals surface area contributed by atoms with Crippen molar-refractivity contribution in [2.45, 2.75) is 22.2 Å². The predicted molar refractivity (Wildman–Crippen MR) is 101 cm³/mol. The fraction of sp³-hybridized carbons (Fsp3) is 0.188. The number of carbonyl (C=O) groups is 1. The highest BCUT2D eigenvalue weighted by Crippen LogP contribution is 2.26. The second kappa shape index (κ2) is 9.15. The van der Waals surface area contributed by atoms with Crippen molar-refractivity contribution in [2.24, 2.45) is 0 Å². The van der Waals surface area contributed by atoms with E-state index in [0.29, 0.717) is 33.9 Å². The Bertz CT molecular complexity index is 838. The van der Waals surface area contributed by atoms with Gasteiger partial charge in [0.25, 0.3) is 5.76 Å². The Morgan fingerprint density at radius 2 is 2.08 bits per heavy atom. The van der Waals surface area contributed by atoms with Crippen LogP contribution >= 0.6 is 34.9 Å². The van der Waals surface area contributed by atoms with E-state index in [2.05, 4.69) is 20.5 Å². The van der Waals surface area contributed by atoms with Crippen molar-refractivity contribution in [3.05, 3.63) is 52.5 Å². The summed E-state index contributed by atoms with van der Waals surface area (Å²) in [4.78, 5) is 18.0. The van der Waals surface area contributed by atoms with Crippen LogP contribution in [0.25, 0.3) is 0 Å². The number of halogens is 2. The lowest BCUT2D eigenvalue weighted by Gasteiger charge is -2.05. The maximum atomic E-state index is 12.3. The highest BCUT2D eigenvalue weighted by molar-refractivity contribution is 8.00. The largest absolute Gasteiger partial charge is 0.325 e. The van der Waals surface area contributed by atoms with E-state index in [1.165, 1.54) is 16.6 Å². The van der Waals surface area contributed by atoms with Crippen molar-refractivity contribution in [2.75, 3.05) is 11.1 Å². The number of benzene rings is 1. The molecule has 5 nitrogen and oxygen atoms in total. The van der Waals surface area contributed by atoms with Gasteiger partial charge in [-0.25, -0.2) is 4.98 Å². The minimum atomic E-state index is -2.46. The van der Waals surface area contributed by atoms with Crippen LogP contribution in [0.4, 0.5) is 14.5 Å². The van der Waals surface area contributed by atoms with Gasteiger partial charge in [-0.2, -0.15) is 8.78 Å². The van der Waals surface area contributed by atoms with Crippen molar-refractivity contribution >= 4 is 46.5 Å². The van der Waals surface area contributed by atoms with Gasteiger partial charge in [-0.1, -0.05) is 29.6 Å². The molecule has 0 aliphatic heterocycles. The zero-order valence-electron chi connectivity index (χ0n) is 13.3. The number of thioether (sulfide) groups is 2. The number of alkyl halides is 2. The van der Waals surface area contributed by atoms with Crippen molar-refractivity contribution < 1.29 is 13.6 Å². The van der Waals surface area contributed by atoms with Crippen molar-refractivity contribution in [3.8, 4) is 0 Å². The van der Waals surface area contributed by atoms with Crippen molar-refractivity contribution in [1.82, 2.24) is 15.2 Å². The van der Waals surface area contributed by atoms with Gasteiger partial charge in [-0.05, 0) is 35.7 Å². The first-order chi connectivity index (χ1) is 12.6. The number of H-pyrrole nitrogens is 1. The van der Waals surface area contributed by atoms with E-state index in [1.54, 1.807) is 35.6 Å². The molecule has 2 heterocycles. The normalized spacial score (nSPS) is 11.0. The number of amides is 1. The molecular weight excluding hydrogens is 398 g/mol. The summed E-state index contributed by atoms with van der Waals surface area (Å²) in [7, 11) is 0. The fourth-order valence-electron chi connectivity index (χ4n) is 2.05. The average molecular weight is 413 g/mol. The second-order valence-corrected chi connectivity index (χ2v) is 8.10. The number of hydrogen-bond acceptors (Lipinski definition) is 6. The van der Waals surface area contributed by atoms with E-state index >= 15 is 0 Å². The molecule has 26 heavy (non-hydrogen) atoms. The van der Waals surface area contributed by atoms with Crippen LogP contribution in [0, 0.1) is 0 Å². The van der Waals surface area contributed by atoms with Crippen LogP contribution in [0.5, 0.6) is 0 Å². The summed E-state index contributed by atoms with van der Waals surface area (Å²) in [6.07, 6.45) is 0.681. The van der Waals surface area contributed by atoms with Crippen LogP contribution in [0.1, 0.15) is 10.7 Å². The average Bonchev–Trinajstić information content (AvgIpc) is 3.27. The van der Waals surface area contributed by atoms with Crippen LogP contribution in [0.15, 0.2) is 51.8 Å². The predicted octanol–water partition coefficient (Wildman–Crippen LogP) is 4.50. The number of hydrogen-bond donors (Lipinski definition) is 2. The third-order valence-electron chi connectivity index (χ3n) is 3.13. The molecule has 0 saturated heterocycles. The van der Waals surface area contributed by atoms with Gasteiger partial charge in [0.15, 0.2) is 0 Å². The fourth-order valence-corrected chi connectivity index (χ4v) is 3.87. The lowest BCUT2D eigenvalue weighted by Crippen LogP contribution is -2.14. The first kappa shape index (κ1) is 18.9. The molecule has 0 atom stereocenters. The molecule has 2 aromatic heterocycles. The lowest BCUT2D eigenvalue weighted by atomic mass is 10.3. The summed E-state index contributed by atoms with van der Waals surface area (Å²) >= 11 is 3.34. The molecule has 0 bridgehead atoms. The van der Waals surface area contributed by atoms with Crippen LogP contribution in [0.3, 0.4) is 0 Å². The molecular formula is C16H14F2N4OS3. The van der Waals surface area contributed by atoms with E-state index in [0.717, 1.165) is 5.82 Å². The Hall–Kier alpha value is -1.91. The summed E-state index contributed by atoms with van der Waals surface area (Å²) in [6, 6.07) is 10.3. The SMILES string of the molecule is O=C(CSc1n[nH]c(Cc2cccs2)n1)Nc1ccc(SC(F)F)cc1. The summed E-state index contributed by atoms with van der Waals surface area (Å²) < 4.78 is 24.6. The van der Waals surface area contributed by atoms with Crippen LogP contribution in [-0.4, -0.2) is 32.6 Å². The number of carbonyl (C=O) groups excluding carboxylic acids is 1. The number of aromatic amines is 1. The molecule has 1 aromatic carbocycles. The number of aromatic nitrogens is 3. The number of anilines is 1. The zero-order chi connectivity index (χ0) is 18.4. The first-order valence-electron chi connectivity index (χ1n) is 7.49. The Kier molecular flexibility index (Phi) is 6.64. The van der Waals surface area contributed by atoms with Crippen LogP contribution in [0.2, 0.25) is 0 Å². The molecule has 0 aliphatic carbocycles. The Morgan fingerprint density at radius 1 is 1.27 bits per heavy atom. The molecule has 0 fully saturated rings. The van der Waals surface area contributed by atoms with E-state index in [-0.39, 0.29) is 11.7 Å². The summed E-state index contributed by atoms with van der Waals surface area (Å²) in [5.41, 5.74) is 0.558. The van der Waals surface area contributed by atoms with Crippen LogP contribution < -0.4 is 5.32 Å². The molecule has 3 rings (SSSR count). The van der Waals surface area contributed by atoms with Crippen molar-refractivity contribution in [1.29, 1.82) is 0 Å². The lowest BCUT2D eigenvalue weighted by molar-refractivity contribution is -0.113. The number of nitrogens with one attached hydrogen (secondary N) is 2. The molecule has 0 radical (unpaired) electrons. The zero-order valence-corrected chi connectivity index (χ0v) is 15.8. The third-order valence-corrected chi connectivity index (χ3v) is 5.57. The molecule has 0 unspecified atom stereocenters. The topological polar surface area (TPSA) is 70.7 Å². The Balaban J connectivity index is 1.46. The minimum Gasteiger partial charge on any atom is -0.325 e. The number of thiophene rings is 1. The number of nitrogens with zero attached hydrogens (tertiary/aromatic N) is 2. The third kappa shape index (κ3) is 5.82. The van der Waals surface area contributed by atoms with Gasteiger partial charge in [0, 0.05) is 21.9 Å². The Labute approximate surface area is 161 Å². The van der Waals surface area contributed by atoms with Crippen LogP contribution in [-0.2, 0) is 11.2 Å². The number of rotatable bonds is 8. The molecule has 0 spiro atoms. The van der Waals surface area contributed by atoms with E-state index in [4.69, 9.17) is 0 Å². The molecule has 1 amide bonds. The first-order valence-corrected chi connectivity index (χ1v) is 10.2. The van der Waals surface area contributed by atoms with Gasteiger partial charge in [-0.3, -0.25) is 9.89 Å². The van der Waals surface area contributed by atoms with Gasteiger partial charge in [0.05, 0.1) is 5.75 Å². The van der Waals surface area contributed by atoms with Gasteiger partial charge < -0.3 is 5.32 Å². The standard InChI is InChI=1S/C16H14F2N4OS3/c17-15(18)26-11-5-3-10(4-6-11)19-14(23)9-25-16-20-13(21-22-16)8-12-2-1-7-24-12/h1-7,15H,8-9H2,(H,19,23)(H,20,21,22). The monoisotopic (exact) mass is 412 g/mol. The molecule has 10 heteroatoms. The molecule has 0 aliphatic rings. The van der Waals surface area contributed by atoms with Gasteiger partial charge >= 0.3 is 0 Å². The summed E-state index contributed by atoms with van der Waals surface area (Å²) in [5.74, 6) is -1.77. The molecule has 0 saturated carbocycles.